The first-order valence-electron chi connectivity index (χ1n) is 5.11. The van der Waals surface area contributed by atoms with Crippen molar-refractivity contribution in [2.45, 2.75) is 18.8 Å². The Balaban J connectivity index is 2.09. The average molecular weight is 281 g/mol. The third kappa shape index (κ3) is 3.36. The Labute approximate surface area is 102 Å². The topological polar surface area (TPSA) is 55.4 Å². The highest BCUT2D eigenvalue weighted by atomic mass is 32.2. The zero-order chi connectivity index (χ0) is 13.4. The number of alkyl halides is 3. The van der Waals surface area contributed by atoms with Crippen LogP contribution in [0.25, 0.3) is 0 Å². The van der Waals surface area contributed by atoms with E-state index in [0.717, 1.165) is 12.1 Å². The van der Waals surface area contributed by atoms with Gasteiger partial charge < -0.3 is 4.74 Å². The third-order valence-electron chi connectivity index (χ3n) is 2.51. The molecule has 0 amide bonds. The molecule has 0 saturated carbocycles. The molecule has 0 bridgehead atoms. The van der Waals surface area contributed by atoms with Gasteiger partial charge in [0, 0.05) is 6.04 Å². The van der Waals surface area contributed by atoms with Gasteiger partial charge in [-0.3, -0.25) is 0 Å². The van der Waals surface area contributed by atoms with E-state index in [2.05, 4.69) is 9.46 Å². The van der Waals surface area contributed by atoms with E-state index in [-0.39, 0.29) is 17.5 Å². The number of sulfonamides is 1. The molecule has 1 atom stereocenters. The van der Waals surface area contributed by atoms with Crippen LogP contribution in [0.1, 0.15) is 18.0 Å². The molecule has 0 aliphatic carbocycles. The Kier molecular flexibility index (Phi) is 3.24. The van der Waals surface area contributed by atoms with Crippen molar-refractivity contribution in [3.05, 3.63) is 29.8 Å². The highest BCUT2D eigenvalue weighted by Gasteiger charge is 2.31. The van der Waals surface area contributed by atoms with Crippen molar-refractivity contribution >= 4 is 10.0 Å². The summed E-state index contributed by atoms with van der Waals surface area (Å²) in [6, 6.07) is 4.78. The maximum absolute atomic E-state index is 11.9. The molecule has 0 spiro atoms. The highest BCUT2D eigenvalue weighted by molar-refractivity contribution is 7.89. The molecule has 18 heavy (non-hydrogen) atoms. The Morgan fingerprint density at radius 2 is 1.83 bits per heavy atom. The molecule has 1 fully saturated rings. The lowest BCUT2D eigenvalue weighted by atomic mass is 10.1. The lowest BCUT2D eigenvalue weighted by Crippen LogP contribution is -2.20. The second kappa shape index (κ2) is 4.43. The van der Waals surface area contributed by atoms with Crippen molar-refractivity contribution < 1.29 is 26.3 Å². The van der Waals surface area contributed by atoms with Crippen molar-refractivity contribution in [3.63, 3.8) is 0 Å². The predicted molar refractivity (Wildman–Crippen MR) is 57.4 cm³/mol. The molecule has 1 saturated heterocycles. The van der Waals surface area contributed by atoms with Gasteiger partial charge in [-0.15, -0.1) is 13.2 Å². The fourth-order valence-electron chi connectivity index (χ4n) is 1.74. The maximum Gasteiger partial charge on any atom is 0.573 e. The first-order chi connectivity index (χ1) is 8.25. The summed E-state index contributed by atoms with van der Waals surface area (Å²) in [6.07, 6.45) is -4.32. The van der Waals surface area contributed by atoms with E-state index >= 15 is 0 Å². The molecule has 1 aliphatic heterocycles. The van der Waals surface area contributed by atoms with Crippen molar-refractivity contribution in [2.24, 2.45) is 0 Å². The molecule has 1 heterocycles. The van der Waals surface area contributed by atoms with Crippen LogP contribution in [-0.2, 0) is 10.0 Å². The van der Waals surface area contributed by atoms with Crippen LogP contribution in [0.15, 0.2) is 24.3 Å². The lowest BCUT2D eigenvalue weighted by molar-refractivity contribution is -0.274. The minimum atomic E-state index is -4.73. The maximum atomic E-state index is 11.9. The molecule has 2 rings (SSSR count). The molecule has 4 nitrogen and oxygen atoms in total. The van der Waals surface area contributed by atoms with Gasteiger partial charge in [0.1, 0.15) is 5.75 Å². The molecule has 0 unspecified atom stereocenters. The molecule has 100 valence electrons. The Hall–Kier alpha value is -1.28. The molecule has 8 heteroatoms. The van der Waals surface area contributed by atoms with Crippen LogP contribution in [0, 0.1) is 0 Å². The predicted octanol–water partition coefficient (Wildman–Crippen LogP) is 1.95. The fraction of sp³-hybridized carbons (Fsp3) is 0.400. The van der Waals surface area contributed by atoms with Gasteiger partial charge in [0.25, 0.3) is 0 Å². The van der Waals surface area contributed by atoms with E-state index in [1.54, 1.807) is 0 Å². The monoisotopic (exact) mass is 281 g/mol. The van der Waals surface area contributed by atoms with Crippen LogP contribution in [0.3, 0.4) is 0 Å². The summed E-state index contributed by atoms with van der Waals surface area (Å²) in [5, 5.41) is 0. The van der Waals surface area contributed by atoms with Gasteiger partial charge in [-0.05, 0) is 24.1 Å². The van der Waals surface area contributed by atoms with Gasteiger partial charge >= 0.3 is 6.36 Å². The standard InChI is InChI=1S/C10H10F3NO3S/c11-10(12,13)17-8-3-1-7(2-4-8)9-5-6-18(15,16)14-9/h1-4,9,14H,5-6H2/t9-/m0/s1. The van der Waals surface area contributed by atoms with Gasteiger partial charge in [0.15, 0.2) is 0 Å². The summed E-state index contributed by atoms with van der Waals surface area (Å²) in [4.78, 5) is 0. The Morgan fingerprint density at radius 3 is 2.28 bits per heavy atom. The van der Waals surface area contributed by atoms with Crippen LogP contribution >= 0.6 is 0 Å². The van der Waals surface area contributed by atoms with E-state index < -0.39 is 16.4 Å². The van der Waals surface area contributed by atoms with Gasteiger partial charge in [-0.2, -0.15) is 0 Å². The lowest BCUT2D eigenvalue weighted by Gasteiger charge is -2.12. The van der Waals surface area contributed by atoms with Crippen molar-refractivity contribution in [1.82, 2.24) is 4.72 Å². The van der Waals surface area contributed by atoms with Crippen molar-refractivity contribution in [3.8, 4) is 5.75 Å². The van der Waals surface area contributed by atoms with E-state index in [9.17, 15) is 21.6 Å². The number of benzene rings is 1. The average Bonchev–Trinajstić information content (AvgIpc) is 2.57. The first kappa shape index (κ1) is 13.2. The second-order valence-corrected chi connectivity index (χ2v) is 5.77. The number of halogens is 3. The number of ether oxygens (including phenoxy) is 1. The molecule has 1 aromatic carbocycles. The van der Waals surface area contributed by atoms with Crippen LogP contribution < -0.4 is 9.46 Å². The first-order valence-corrected chi connectivity index (χ1v) is 6.76. The minimum absolute atomic E-state index is 0.0263. The van der Waals surface area contributed by atoms with Gasteiger partial charge in [0.05, 0.1) is 5.75 Å². The summed E-state index contributed by atoms with van der Waals surface area (Å²) in [7, 11) is -3.24. The normalized spacial score (nSPS) is 22.9. The van der Waals surface area contributed by atoms with E-state index in [4.69, 9.17) is 0 Å². The molecular weight excluding hydrogens is 271 g/mol. The van der Waals surface area contributed by atoms with Gasteiger partial charge in [-0.1, -0.05) is 12.1 Å². The van der Waals surface area contributed by atoms with Crippen LogP contribution in [0.2, 0.25) is 0 Å². The van der Waals surface area contributed by atoms with E-state index in [1.807, 2.05) is 0 Å². The third-order valence-corrected chi connectivity index (χ3v) is 3.93. The fourth-order valence-corrected chi connectivity index (χ4v) is 3.10. The van der Waals surface area contributed by atoms with Gasteiger partial charge in [0.2, 0.25) is 10.0 Å². The SMILES string of the molecule is O=S1(=O)CC[C@@H](c2ccc(OC(F)(F)F)cc2)N1. The number of rotatable bonds is 2. The number of hydrogen-bond donors (Lipinski definition) is 1. The zero-order valence-corrected chi connectivity index (χ0v) is 9.88. The van der Waals surface area contributed by atoms with Crippen molar-refractivity contribution in [2.75, 3.05) is 5.75 Å². The van der Waals surface area contributed by atoms with E-state index in [1.165, 1.54) is 12.1 Å². The van der Waals surface area contributed by atoms with Crippen LogP contribution in [-0.4, -0.2) is 20.5 Å². The Morgan fingerprint density at radius 1 is 1.22 bits per heavy atom. The Bertz CT molecular complexity index is 524. The summed E-state index contributed by atoms with van der Waals surface area (Å²) in [6.45, 7) is 0. The molecule has 0 aromatic heterocycles. The summed E-state index contributed by atoms with van der Waals surface area (Å²) in [5.41, 5.74) is 0.616. The second-order valence-electron chi connectivity index (χ2n) is 3.89. The zero-order valence-electron chi connectivity index (χ0n) is 9.07. The molecule has 0 radical (unpaired) electrons. The summed E-state index contributed by atoms with van der Waals surface area (Å²) >= 11 is 0. The molecular formula is C10H10F3NO3S. The molecule has 1 aromatic rings. The quantitative estimate of drug-likeness (QED) is 0.901. The van der Waals surface area contributed by atoms with Gasteiger partial charge in [-0.25, -0.2) is 13.1 Å². The van der Waals surface area contributed by atoms with E-state index in [0.29, 0.717) is 12.0 Å². The largest absolute Gasteiger partial charge is 0.573 e. The van der Waals surface area contributed by atoms with Crippen LogP contribution in [0.5, 0.6) is 5.75 Å². The number of hydrogen-bond acceptors (Lipinski definition) is 3. The highest BCUT2D eigenvalue weighted by Crippen LogP contribution is 2.27. The number of nitrogens with one attached hydrogen (secondary N) is 1. The smallest absolute Gasteiger partial charge is 0.406 e. The summed E-state index contributed by atoms with van der Waals surface area (Å²) in [5.74, 6) is -0.300. The van der Waals surface area contributed by atoms with Crippen molar-refractivity contribution in [1.29, 1.82) is 0 Å². The summed E-state index contributed by atoms with van der Waals surface area (Å²) < 4.78 is 64.3. The minimum Gasteiger partial charge on any atom is -0.406 e. The molecule has 1 N–H and O–H groups in total. The molecule has 1 aliphatic rings. The van der Waals surface area contributed by atoms with Crippen LogP contribution in [0.4, 0.5) is 13.2 Å².